The predicted molar refractivity (Wildman–Crippen MR) is 86.4 cm³/mol. The summed E-state index contributed by atoms with van der Waals surface area (Å²) in [5, 5.41) is 0. The largest absolute Gasteiger partial charge is 0.521 e. The number of carbonyl (C=O) groups excluding carboxylic acids is 2. The fraction of sp³-hybridized carbons (Fsp3) is 0.500. The van der Waals surface area contributed by atoms with Gasteiger partial charge < -0.3 is 9.47 Å². The van der Waals surface area contributed by atoms with Gasteiger partial charge in [-0.1, -0.05) is 39.0 Å². The van der Waals surface area contributed by atoms with Crippen molar-refractivity contribution in [3.8, 4) is 5.75 Å². The van der Waals surface area contributed by atoms with Crippen molar-refractivity contribution >= 4 is 22.2 Å². The van der Waals surface area contributed by atoms with E-state index in [4.69, 9.17) is 9.29 Å². The lowest BCUT2D eigenvalue weighted by Crippen LogP contribution is -2.16. The Labute approximate surface area is 141 Å². The van der Waals surface area contributed by atoms with Crippen molar-refractivity contribution in [3.05, 3.63) is 24.3 Å². The molecule has 0 unspecified atom stereocenters. The zero-order valence-corrected chi connectivity index (χ0v) is 14.4. The molecule has 0 amide bonds. The van der Waals surface area contributed by atoms with Gasteiger partial charge in [0.15, 0.2) is 0 Å². The molecule has 1 aromatic carbocycles. The van der Waals surface area contributed by atoms with E-state index < -0.39 is 22.2 Å². The van der Waals surface area contributed by atoms with Crippen LogP contribution in [0.5, 0.6) is 5.75 Å². The van der Waals surface area contributed by atoms with Gasteiger partial charge in [0.25, 0.3) is 10.1 Å². The first-order valence-corrected chi connectivity index (χ1v) is 9.27. The molecule has 0 bridgehead atoms. The van der Waals surface area contributed by atoms with Gasteiger partial charge in [0, 0.05) is 6.42 Å². The van der Waals surface area contributed by atoms with Gasteiger partial charge >= 0.3 is 12.1 Å². The van der Waals surface area contributed by atoms with E-state index in [0.717, 1.165) is 37.8 Å². The molecule has 1 aromatic rings. The van der Waals surface area contributed by atoms with Crippen molar-refractivity contribution in [1.82, 2.24) is 0 Å². The third kappa shape index (κ3) is 8.07. The van der Waals surface area contributed by atoms with Crippen molar-refractivity contribution < 1.29 is 32.0 Å². The fourth-order valence-electron chi connectivity index (χ4n) is 1.99. The molecule has 0 atom stereocenters. The van der Waals surface area contributed by atoms with Gasteiger partial charge in [0.05, 0.1) is 4.90 Å². The van der Waals surface area contributed by atoms with Crippen LogP contribution in [0.2, 0.25) is 0 Å². The van der Waals surface area contributed by atoms with E-state index >= 15 is 0 Å². The van der Waals surface area contributed by atoms with Crippen LogP contribution in [0.4, 0.5) is 4.79 Å². The van der Waals surface area contributed by atoms with E-state index in [2.05, 4.69) is 11.7 Å². The summed E-state index contributed by atoms with van der Waals surface area (Å²) in [5.41, 5.74) is 0. The zero-order valence-electron chi connectivity index (χ0n) is 13.6. The van der Waals surface area contributed by atoms with Gasteiger partial charge in [-0.3, -0.25) is 9.35 Å². The van der Waals surface area contributed by atoms with E-state index in [0.29, 0.717) is 6.42 Å². The van der Waals surface area contributed by atoms with Gasteiger partial charge in [0.1, 0.15) is 5.75 Å². The lowest BCUT2D eigenvalue weighted by molar-refractivity contribution is -0.138. The monoisotopic (exact) mass is 358 g/mol. The Kier molecular flexibility index (Phi) is 8.42. The number of unbranched alkanes of at least 4 members (excludes halogenated alkanes) is 5. The molecule has 0 heterocycles. The van der Waals surface area contributed by atoms with Crippen LogP contribution in [-0.2, 0) is 19.6 Å². The second-order valence-corrected chi connectivity index (χ2v) is 6.71. The Balaban J connectivity index is 2.31. The van der Waals surface area contributed by atoms with Crippen molar-refractivity contribution in [2.24, 2.45) is 0 Å². The van der Waals surface area contributed by atoms with E-state index in [1.54, 1.807) is 0 Å². The topological polar surface area (TPSA) is 107 Å². The molecular formula is C16H22O7S. The van der Waals surface area contributed by atoms with Crippen LogP contribution < -0.4 is 4.74 Å². The van der Waals surface area contributed by atoms with Gasteiger partial charge in [-0.05, 0) is 30.7 Å². The smallest absolute Gasteiger partial charge is 0.395 e. The molecule has 24 heavy (non-hydrogen) atoms. The van der Waals surface area contributed by atoms with Gasteiger partial charge in [-0.2, -0.15) is 8.42 Å². The van der Waals surface area contributed by atoms with Crippen LogP contribution in [0, 0.1) is 0 Å². The van der Waals surface area contributed by atoms with Crippen molar-refractivity contribution in [1.29, 1.82) is 0 Å². The van der Waals surface area contributed by atoms with E-state index in [-0.39, 0.29) is 17.1 Å². The molecule has 134 valence electrons. The SMILES string of the molecule is CCCCCCCCC(=O)OC(=O)Oc1ccc(S(=O)(=O)O)cc1. The molecule has 0 aromatic heterocycles. The van der Waals surface area contributed by atoms with Crippen LogP contribution in [0.25, 0.3) is 0 Å². The number of hydrogen-bond acceptors (Lipinski definition) is 6. The summed E-state index contributed by atoms with van der Waals surface area (Å²) in [6, 6.07) is 4.47. The van der Waals surface area contributed by atoms with Gasteiger partial charge in [-0.15, -0.1) is 0 Å². The third-order valence-electron chi connectivity index (χ3n) is 3.25. The highest BCUT2D eigenvalue weighted by Gasteiger charge is 2.14. The fourth-order valence-corrected chi connectivity index (χ4v) is 2.47. The lowest BCUT2D eigenvalue weighted by Gasteiger charge is -2.05. The molecule has 0 radical (unpaired) electrons. The first kappa shape index (κ1) is 20.1. The van der Waals surface area contributed by atoms with Crippen molar-refractivity contribution in [2.75, 3.05) is 0 Å². The zero-order chi connectivity index (χ0) is 18.0. The maximum atomic E-state index is 11.5. The molecule has 7 nitrogen and oxygen atoms in total. The number of rotatable bonds is 9. The number of esters is 1. The molecule has 1 rings (SSSR count). The summed E-state index contributed by atoms with van der Waals surface area (Å²) in [4.78, 5) is 22.6. The quantitative estimate of drug-likeness (QED) is 0.236. The Morgan fingerprint density at radius 1 is 1.00 bits per heavy atom. The minimum atomic E-state index is -4.31. The second kappa shape index (κ2) is 10.0. The summed E-state index contributed by atoms with van der Waals surface area (Å²) in [7, 11) is -4.31. The normalized spacial score (nSPS) is 11.1. The van der Waals surface area contributed by atoms with Crippen LogP contribution in [0.3, 0.4) is 0 Å². The second-order valence-electron chi connectivity index (χ2n) is 5.29. The van der Waals surface area contributed by atoms with Crippen molar-refractivity contribution in [3.63, 3.8) is 0 Å². The summed E-state index contributed by atoms with van der Waals surface area (Å²) in [6.07, 6.45) is 5.03. The van der Waals surface area contributed by atoms with Crippen LogP contribution in [0.15, 0.2) is 29.2 Å². The molecule has 0 aliphatic carbocycles. The third-order valence-corrected chi connectivity index (χ3v) is 4.12. The highest BCUT2D eigenvalue weighted by Crippen LogP contribution is 2.16. The van der Waals surface area contributed by atoms with Crippen LogP contribution in [-0.4, -0.2) is 25.1 Å². The summed E-state index contributed by atoms with van der Waals surface area (Å²) in [6.45, 7) is 2.12. The average molecular weight is 358 g/mol. The highest BCUT2D eigenvalue weighted by molar-refractivity contribution is 7.85. The maximum Gasteiger partial charge on any atom is 0.521 e. The summed E-state index contributed by atoms with van der Waals surface area (Å²) >= 11 is 0. The minimum absolute atomic E-state index is 0.000217. The average Bonchev–Trinajstić information content (AvgIpc) is 2.50. The predicted octanol–water partition coefficient (Wildman–Crippen LogP) is 3.73. The number of ether oxygens (including phenoxy) is 2. The molecule has 0 spiro atoms. The van der Waals surface area contributed by atoms with Crippen molar-refractivity contribution in [2.45, 2.75) is 56.8 Å². The standard InChI is InChI=1S/C16H22O7S/c1-2-3-4-5-6-7-8-15(17)23-16(18)22-13-9-11-14(12-10-13)24(19,20)21/h9-12H,2-8H2,1H3,(H,19,20,21). The molecule has 0 saturated heterocycles. The van der Waals surface area contributed by atoms with Gasteiger partial charge in [0.2, 0.25) is 0 Å². The Bertz CT molecular complexity index is 635. The number of carbonyl (C=O) groups is 2. The Morgan fingerprint density at radius 3 is 2.17 bits per heavy atom. The molecule has 0 aliphatic heterocycles. The molecule has 0 fully saturated rings. The summed E-state index contributed by atoms with van der Waals surface area (Å²) < 4.78 is 39.8. The molecule has 0 aliphatic rings. The Morgan fingerprint density at radius 2 is 1.58 bits per heavy atom. The molecule has 1 N–H and O–H groups in total. The first-order chi connectivity index (χ1) is 11.3. The van der Waals surface area contributed by atoms with E-state index in [9.17, 15) is 18.0 Å². The summed E-state index contributed by atoms with van der Waals surface area (Å²) in [5.74, 6) is -0.662. The Hall–Kier alpha value is -1.93. The molecular weight excluding hydrogens is 336 g/mol. The number of benzene rings is 1. The minimum Gasteiger partial charge on any atom is -0.395 e. The highest BCUT2D eigenvalue weighted by atomic mass is 32.2. The van der Waals surface area contributed by atoms with E-state index in [1.807, 2.05) is 0 Å². The van der Waals surface area contributed by atoms with E-state index in [1.165, 1.54) is 18.6 Å². The molecule has 8 heteroatoms. The van der Waals surface area contributed by atoms with Crippen LogP contribution >= 0.6 is 0 Å². The number of hydrogen-bond donors (Lipinski definition) is 1. The van der Waals surface area contributed by atoms with Crippen LogP contribution in [0.1, 0.15) is 51.9 Å². The van der Waals surface area contributed by atoms with Gasteiger partial charge in [-0.25, -0.2) is 4.79 Å². The molecule has 0 saturated carbocycles. The first-order valence-electron chi connectivity index (χ1n) is 7.83. The lowest BCUT2D eigenvalue weighted by atomic mass is 10.1. The maximum absolute atomic E-state index is 11.5.